The number of nitrogens with one attached hydrogen (secondary N) is 2. The number of carboxylic acid groups (broad SMARTS) is 2. The summed E-state index contributed by atoms with van der Waals surface area (Å²) in [5.41, 5.74) is -1.59. The Morgan fingerprint density at radius 2 is 1.93 bits per heavy atom. The van der Waals surface area contributed by atoms with Gasteiger partial charge in [0.05, 0.1) is 19.5 Å². The minimum absolute atomic E-state index is 0.0336. The zero-order valence-electron chi connectivity index (χ0n) is 15.4. The molecule has 2 aromatic rings. The number of carboxylic acids is 2. The predicted octanol–water partition coefficient (Wildman–Crippen LogP) is -0.486. The number of tetrazole rings is 1. The molecule has 0 saturated carbocycles. The Kier molecular flexibility index (Phi) is 7.39. The van der Waals surface area contributed by atoms with Gasteiger partial charge in [0.2, 0.25) is 0 Å². The molecular formula is C18H20N6O5. The van der Waals surface area contributed by atoms with E-state index in [9.17, 15) is 19.5 Å². The van der Waals surface area contributed by atoms with Gasteiger partial charge in [0.15, 0.2) is 11.5 Å². The number of hydrogen-bond acceptors (Lipinski definition) is 7. The monoisotopic (exact) mass is 400 g/mol. The lowest BCUT2D eigenvalue weighted by Gasteiger charge is -2.31. The van der Waals surface area contributed by atoms with Crippen molar-refractivity contribution in [3.63, 3.8) is 0 Å². The van der Waals surface area contributed by atoms with E-state index in [2.05, 4.69) is 32.1 Å². The Hall–Kier alpha value is -3.78. The number of rotatable bonds is 11. The molecule has 29 heavy (non-hydrogen) atoms. The van der Waals surface area contributed by atoms with Gasteiger partial charge in [-0.25, -0.2) is 9.48 Å². The molecule has 1 amide bonds. The summed E-state index contributed by atoms with van der Waals surface area (Å²) < 4.78 is 1.28. The number of hydrogen-bond donors (Lipinski definition) is 4. The third-order valence-electron chi connectivity index (χ3n) is 4.09. The number of amides is 1. The van der Waals surface area contributed by atoms with Crippen LogP contribution in [0.25, 0.3) is 0 Å². The zero-order valence-corrected chi connectivity index (χ0v) is 15.4. The lowest BCUT2D eigenvalue weighted by Crippen LogP contribution is -2.64. The lowest BCUT2D eigenvalue weighted by atomic mass is 10.0. The molecule has 2 rings (SSSR count). The molecule has 0 aliphatic rings. The van der Waals surface area contributed by atoms with Crippen LogP contribution in [0.4, 0.5) is 0 Å². The molecule has 0 aliphatic carbocycles. The largest absolute Gasteiger partial charge is 0.481 e. The van der Waals surface area contributed by atoms with E-state index in [1.54, 1.807) is 30.3 Å². The third kappa shape index (κ3) is 5.85. The molecule has 0 saturated heterocycles. The number of aromatic nitrogens is 4. The van der Waals surface area contributed by atoms with Crippen LogP contribution in [-0.4, -0.2) is 60.5 Å². The maximum atomic E-state index is 12.6. The molecule has 1 heterocycles. The number of carbonyl (C=O) groups is 3. The summed E-state index contributed by atoms with van der Waals surface area (Å²) in [6, 6.07) is 8.14. The number of benzene rings is 1. The van der Waals surface area contributed by atoms with Gasteiger partial charge in [0, 0.05) is 18.4 Å². The van der Waals surface area contributed by atoms with Crippen molar-refractivity contribution in [3.8, 4) is 12.3 Å². The van der Waals surface area contributed by atoms with E-state index >= 15 is 0 Å². The second-order valence-corrected chi connectivity index (χ2v) is 6.05. The van der Waals surface area contributed by atoms with Gasteiger partial charge in [-0.1, -0.05) is 24.1 Å². The van der Waals surface area contributed by atoms with Crippen LogP contribution in [0.3, 0.4) is 0 Å². The van der Waals surface area contributed by atoms with Crippen LogP contribution in [0, 0.1) is 12.3 Å². The normalized spacial score (nSPS) is 12.5. The second-order valence-electron chi connectivity index (χ2n) is 6.05. The first-order valence-electron chi connectivity index (χ1n) is 8.64. The number of aliphatic carboxylic acids is 2. The smallest absolute Gasteiger partial charge is 0.344 e. The Bertz CT molecular complexity index is 907. The van der Waals surface area contributed by atoms with Gasteiger partial charge >= 0.3 is 11.9 Å². The molecule has 11 heteroatoms. The van der Waals surface area contributed by atoms with E-state index in [-0.39, 0.29) is 43.7 Å². The Balaban J connectivity index is 2.21. The maximum Gasteiger partial charge on any atom is 0.344 e. The minimum atomic E-state index is -1.87. The highest BCUT2D eigenvalue weighted by molar-refractivity contribution is 5.97. The molecule has 0 aliphatic heterocycles. The fourth-order valence-electron chi connectivity index (χ4n) is 2.57. The highest BCUT2D eigenvalue weighted by Crippen LogP contribution is 2.14. The highest BCUT2D eigenvalue weighted by atomic mass is 16.4. The molecule has 0 fully saturated rings. The van der Waals surface area contributed by atoms with Crippen molar-refractivity contribution in [2.24, 2.45) is 0 Å². The van der Waals surface area contributed by atoms with Gasteiger partial charge in [-0.15, -0.1) is 11.5 Å². The molecule has 0 spiro atoms. The topological polar surface area (TPSA) is 159 Å². The van der Waals surface area contributed by atoms with E-state index in [1.807, 2.05) is 0 Å². The Labute approximate surface area is 166 Å². The van der Waals surface area contributed by atoms with Crippen LogP contribution in [-0.2, 0) is 22.6 Å². The van der Waals surface area contributed by atoms with Crippen molar-refractivity contribution >= 4 is 17.8 Å². The van der Waals surface area contributed by atoms with Crippen LogP contribution < -0.4 is 10.6 Å². The Morgan fingerprint density at radius 1 is 1.21 bits per heavy atom. The third-order valence-corrected chi connectivity index (χ3v) is 4.09. The van der Waals surface area contributed by atoms with Gasteiger partial charge in [-0.3, -0.25) is 14.9 Å². The van der Waals surface area contributed by atoms with Gasteiger partial charge in [0.25, 0.3) is 5.91 Å². The van der Waals surface area contributed by atoms with Crippen LogP contribution in [0.15, 0.2) is 30.3 Å². The van der Waals surface area contributed by atoms with E-state index in [0.717, 1.165) is 0 Å². The van der Waals surface area contributed by atoms with Crippen LogP contribution in [0.2, 0.25) is 0 Å². The first-order chi connectivity index (χ1) is 13.9. The molecule has 152 valence electrons. The summed E-state index contributed by atoms with van der Waals surface area (Å²) >= 11 is 0. The standard InChI is InChI=1S/C18H20N6O5/c1-2-11-19-18(17(28)29,20-16(27)13-6-4-3-5-7-13)10-8-14-21-22-23-24(14)12-9-15(25)26/h1,3-7,19H,8-12H2,(H,20,27)(H,25,26)(H,28,29). The highest BCUT2D eigenvalue weighted by Gasteiger charge is 2.40. The molecule has 11 nitrogen and oxygen atoms in total. The second kappa shape index (κ2) is 9.95. The van der Waals surface area contributed by atoms with Crippen molar-refractivity contribution in [2.45, 2.75) is 31.5 Å². The molecule has 1 aromatic heterocycles. The van der Waals surface area contributed by atoms with E-state index in [4.69, 9.17) is 11.5 Å². The van der Waals surface area contributed by atoms with Crippen molar-refractivity contribution in [1.82, 2.24) is 30.8 Å². The zero-order chi connectivity index (χ0) is 21.3. The van der Waals surface area contributed by atoms with E-state index < -0.39 is 23.5 Å². The number of aryl methyl sites for hydroxylation is 2. The molecule has 0 bridgehead atoms. The van der Waals surface area contributed by atoms with Gasteiger partial charge in [-0.2, -0.15) is 0 Å². The fourth-order valence-corrected chi connectivity index (χ4v) is 2.57. The first-order valence-corrected chi connectivity index (χ1v) is 8.64. The van der Waals surface area contributed by atoms with Crippen molar-refractivity contribution in [3.05, 3.63) is 41.7 Å². The fraction of sp³-hybridized carbons (Fsp3) is 0.333. The summed E-state index contributed by atoms with van der Waals surface area (Å²) in [7, 11) is 0. The van der Waals surface area contributed by atoms with Crippen molar-refractivity contribution < 1.29 is 24.6 Å². The average Bonchev–Trinajstić information content (AvgIpc) is 3.16. The molecule has 1 aromatic carbocycles. The van der Waals surface area contributed by atoms with Crippen molar-refractivity contribution in [2.75, 3.05) is 6.54 Å². The van der Waals surface area contributed by atoms with Crippen LogP contribution >= 0.6 is 0 Å². The molecule has 4 N–H and O–H groups in total. The quantitative estimate of drug-likeness (QED) is 0.288. The molecular weight excluding hydrogens is 380 g/mol. The van der Waals surface area contributed by atoms with E-state index in [1.165, 1.54) is 4.68 Å². The molecule has 1 atom stereocenters. The summed E-state index contributed by atoms with van der Waals surface area (Å²) in [5.74, 6) is -0.366. The molecule has 1 unspecified atom stereocenters. The number of terminal acetylenes is 1. The van der Waals surface area contributed by atoms with Crippen molar-refractivity contribution in [1.29, 1.82) is 0 Å². The van der Waals surface area contributed by atoms with Crippen LogP contribution in [0.1, 0.15) is 29.0 Å². The average molecular weight is 400 g/mol. The summed E-state index contributed by atoms with van der Waals surface area (Å²) in [6.45, 7) is -0.0722. The van der Waals surface area contributed by atoms with Crippen LogP contribution in [0.5, 0.6) is 0 Å². The number of carbonyl (C=O) groups excluding carboxylic acids is 1. The summed E-state index contributed by atoms with van der Waals surface area (Å²) in [4.78, 5) is 35.4. The number of nitrogens with zero attached hydrogens (tertiary/aromatic N) is 4. The SMILES string of the molecule is C#CCNC(CCc1nnnn1CCC(=O)O)(NC(=O)c1ccccc1)C(=O)O. The minimum Gasteiger partial charge on any atom is -0.481 e. The van der Waals surface area contributed by atoms with Gasteiger partial charge in [0.1, 0.15) is 0 Å². The van der Waals surface area contributed by atoms with E-state index in [0.29, 0.717) is 0 Å². The van der Waals surface area contributed by atoms with Gasteiger partial charge in [-0.05, 0) is 22.6 Å². The Morgan fingerprint density at radius 3 is 2.55 bits per heavy atom. The predicted molar refractivity (Wildman–Crippen MR) is 99.5 cm³/mol. The first kappa shape index (κ1) is 21.5. The van der Waals surface area contributed by atoms with Gasteiger partial charge < -0.3 is 15.5 Å². The maximum absolute atomic E-state index is 12.6. The molecule has 0 radical (unpaired) electrons. The lowest BCUT2D eigenvalue weighted by molar-refractivity contribution is -0.146. The summed E-state index contributed by atoms with van der Waals surface area (Å²) in [6.07, 6.45) is 4.98. The summed E-state index contributed by atoms with van der Waals surface area (Å²) in [5, 5.41) is 34.8.